The molecule has 4 saturated carbocycles. The lowest BCUT2D eigenvalue weighted by molar-refractivity contribution is -0.139. The van der Waals surface area contributed by atoms with Crippen LogP contribution in [-0.2, 0) is 15.8 Å². The third kappa shape index (κ3) is 1.97. The van der Waals surface area contributed by atoms with E-state index in [0.717, 1.165) is 37.3 Å². The Bertz CT molecular complexity index is 787. The molecule has 4 aliphatic carbocycles. The number of benzene rings is 1. The minimum atomic E-state index is -4.62. The predicted octanol–water partition coefficient (Wildman–Crippen LogP) is 3.50. The molecule has 6 unspecified atom stereocenters. The van der Waals surface area contributed by atoms with Crippen molar-refractivity contribution in [3.63, 3.8) is 0 Å². The summed E-state index contributed by atoms with van der Waals surface area (Å²) in [7, 11) is 1.16. The zero-order valence-corrected chi connectivity index (χ0v) is 14.1. The lowest BCUT2D eigenvalue weighted by atomic mass is 9.59. The number of nitrogens with zero attached hydrogens (tertiary/aromatic N) is 1. The summed E-state index contributed by atoms with van der Waals surface area (Å²) in [5.41, 5.74) is -0.977. The second-order valence-corrected chi connectivity index (χ2v) is 7.91. The first-order valence-electron chi connectivity index (χ1n) is 8.96. The maximum atomic E-state index is 13.3. The van der Waals surface area contributed by atoms with E-state index < -0.39 is 11.7 Å². The highest BCUT2D eigenvalue weighted by atomic mass is 19.4. The highest BCUT2D eigenvalue weighted by molar-refractivity contribution is 6.22. The van der Waals surface area contributed by atoms with Crippen molar-refractivity contribution in [2.45, 2.75) is 25.4 Å². The number of hydrogen-bond donors (Lipinski definition) is 0. The number of anilines is 1. The van der Waals surface area contributed by atoms with Gasteiger partial charge in [0.15, 0.2) is 0 Å². The molecule has 5 aliphatic rings. The largest absolute Gasteiger partial charge is 0.496 e. The maximum Gasteiger partial charge on any atom is 0.420 e. The van der Waals surface area contributed by atoms with Gasteiger partial charge in [0.1, 0.15) is 5.75 Å². The molecule has 0 aromatic heterocycles. The molecule has 5 fully saturated rings. The number of ether oxygens (including phenoxy) is 1. The van der Waals surface area contributed by atoms with Gasteiger partial charge in [-0.1, -0.05) is 0 Å². The molecule has 26 heavy (non-hydrogen) atoms. The van der Waals surface area contributed by atoms with Gasteiger partial charge in [-0.05, 0) is 61.1 Å². The van der Waals surface area contributed by atoms with Gasteiger partial charge in [0.25, 0.3) is 0 Å². The molecule has 0 spiro atoms. The van der Waals surface area contributed by atoms with Crippen LogP contribution in [0.2, 0.25) is 0 Å². The summed E-state index contributed by atoms with van der Waals surface area (Å²) >= 11 is 0. The second kappa shape index (κ2) is 5.02. The van der Waals surface area contributed by atoms with Gasteiger partial charge in [-0.25, -0.2) is 0 Å². The van der Waals surface area contributed by atoms with Gasteiger partial charge in [-0.15, -0.1) is 0 Å². The number of methoxy groups -OCH3 is 1. The normalized spacial score (nSPS) is 37.6. The summed E-state index contributed by atoms with van der Waals surface area (Å²) in [5.74, 6) is -0.145. The summed E-state index contributed by atoms with van der Waals surface area (Å²) in [5, 5.41) is 0. The molecule has 138 valence electrons. The Hall–Kier alpha value is -2.05. The van der Waals surface area contributed by atoms with E-state index in [-0.39, 0.29) is 46.9 Å². The molecule has 2 bridgehead atoms. The molecule has 6 rings (SSSR count). The van der Waals surface area contributed by atoms with Crippen LogP contribution in [0.3, 0.4) is 0 Å². The number of carbonyl (C=O) groups excluding carboxylic acids is 2. The topological polar surface area (TPSA) is 46.6 Å². The molecule has 2 amide bonds. The van der Waals surface area contributed by atoms with Gasteiger partial charge in [-0.2, -0.15) is 13.2 Å². The summed E-state index contributed by atoms with van der Waals surface area (Å²) in [4.78, 5) is 27.0. The van der Waals surface area contributed by atoms with Crippen molar-refractivity contribution in [1.29, 1.82) is 0 Å². The van der Waals surface area contributed by atoms with Gasteiger partial charge >= 0.3 is 6.18 Å². The Kier molecular flexibility index (Phi) is 3.12. The van der Waals surface area contributed by atoms with E-state index in [1.165, 1.54) is 12.1 Å². The minimum absolute atomic E-state index is 0.00408. The fourth-order valence-electron chi connectivity index (χ4n) is 5.85. The van der Waals surface area contributed by atoms with E-state index in [2.05, 4.69) is 0 Å². The summed E-state index contributed by atoms with van der Waals surface area (Å²) in [6, 6.07) is 3.39. The minimum Gasteiger partial charge on any atom is -0.496 e. The van der Waals surface area contributed by atoms with Crippen LogP contribution in [0.5, 0.6) is 5.75 Å². The quantitative estimate of drug-likeness (QED) is 0.754. The van der Waals surface area contributed by atoms with E-state index in [0.29, 0.717) is 11.8 Å². The van der Waals surface area contributed by atoms with Crippen LogP contribution >= 0.6 is 0 Å². The summed E-state index contributed by atoms with van der Waals surface area (Å²) in [6.07, 6.45) is -1.61. The van der Waals surface area contributed by atoms with E-state index in [1.54, 1.807) is 0 Å². The van der Waals surface area contributed by atoms with Crippen molar-refractivity contribution >= 4 is 17.5 Å². The molecule has 4 nitrogen and oxygen atoms in total. The number of amides is 2. The monoisotopic (exact) mass is 365 g/mol. The Morgan fingerprint density at radius 2 is 1.58 bits per heavy atom. The zero-order chi connectivity index (χ0) is 18.4. The molecule has 0 radical (unpaired) electrons. The molecule has 1 aliphatic heterocycles. The first kappa shape index (κ1) is 16.1. The van der Waals surface area contributed by atoms with Crippen LogP contribution in [0.1, 0.15) is 24.8 Å². The number of rotatable bonds is 2. The Morgan fingerprint density at radius 3 is 2.08 bits per heavy atom. The van der Waals surface area contributed by atoms with Gasteiger partial charge in [0.05, 0.1) is 30.2 Å². The molecule has 1 aromatic carbocycles. The Morgan fingerprint density at radius 1 is 1.00 bits per heavy atom. The fraction of sp³-hybridized carbons (Fsp3) is 0.579. The van der Waals surface area contributed by atoms with Crippen molar-refractivity contribution in [3.8, 4) is 5.75 Å². The molecule has 6 atom stereocenters. The lowest BCUT2D eigenvalue weighted by Gasteiger charge is -2.42. The molecule has 1 saturated heterocycles. The van der Waals surface area contributed by atoms with Gasteiger partial charge in [-0.3, -0.25) is 14.5 Å². The fourth-order valence-corrected chi connectivity index (χ4v) is 5.85. The second-order valence-electron chi connectivity index (χ2n) is 7.91. The van der Waals surface area contributed by atoms with Crippen LogP contribution in [0.25, 0.3) is 0 Å². The highest BCUT2D eigenvalue weighted by Gasteiger charge is 2.68. The van der Waals surface area contributed by atoms with Crippen molar-refractivity contribution < 1.29 is 27.5 Å². The number of fused-ring (bicyclic) bond motifs is 1. The molecule has 1 aromatic rings. The third-order valence-electron chi connectivity index (χ3n) is 6.89. The Labute approximate surface area is 148 Å². The Balaban J connectivity index is 1.55. The number of alkyl halides is 3. The third-order valence-corrected chi connectivity index (χ3v) is 6.89. The average molecular weight is 365 g/mol. The average Bonchev–Trinajstić information content (AvgIpc) is 3.38. The van der Waals surface area contributed by atoms with E-state index in [4.69, 9.17) is 4.74 Å². The van der Waals surface area contributed by atoms with Crippen LogP contribution in [0.4, 0.5) is 18.9 Å². The first-order chi connectivity index (χ1) is 12.3. The van der Waals surface area contributed by atoms with Crippen LogP contribution < -0.4 is 9.64 Å². The van der Waals surface area contributed by atoms with Crippen molar-refractivity contribution in [2.75, 3.05) is 12.0 Å². The van der Waals surface area contributed by atoms with E-state index in [9.17, 15) is 22.8 Å². The van der Waals surface area contributed by atoms with Gasteiger partial charge < -0.3 is 4.74 Å². The van der Waals surface area contributed by atoms with Gasteiger partial charge in [0, 0.05) is 0 Å². The zero-order valence-electron chi connectivity index (χ0n) is 14.1. The molecule has 7 heteroatoms. The van der Waals surface area contributed by atoms with Gasteiger partial charge in [0.2, 0.25) is 11.8 Å². The highest BCUT2D eigenvalue weighted by Crippen LogP contribution is 2.68. The summed E-state index contributed by atoms with van der Waals surface area (Å²) < 4.78 is 44.7. The smallest absolute Gasteiger partial charge is 0.420 e. The molecular formula is C19H18F3NO3. The van der Waals surface area contributed by atoms with Crippen LogP contribution in [-0.4, -0.2) is 18.9 Å². The number of hydrogen-bond acceptors (Lipinski definition) is 3. The summed E-state index contributed by atoms with van der Waals surface area (Å²) in [6.45, 7) is 0. The SMILES string of the molecule is COc1ccc(N2C(=O)C3C4CCC(C5CC54)C3C2=O)cc1C(F)(F)F. The van der Waals surface area contributed by atoms with Crippen LogP contribution in [0.15, 0.2) is 18.2 Å². The molecular weight excluding hydrogens is 347 g/mol. The lowest BCUT2D eigenvalue weighted by Crippen LogP contribution is -2.43. The van der Waals surface area contributed by atoms with Crippen molar-refractivity contribution in [2.24, 2.45) is 35.5 Å². The van der Waals surface area contributed by atoms with E-state index >= 15 is 0 Å². The number of imide groups is 1. The predicted molar refractivity (Wildman–Crippen MR) is 85.3 cm³/mol. The first-order valence-corrected chi connectivity index (χ1v) is 8.96. The van der Waals surface area contributed by atoms with Crippen LogP contribution in [0, 0.1) is 35.5 Å². The van der Waals surface area contributed by atoms with Crippen molar-refractivity contribution in [3.05, 3.63) is 23.8 Å². The van der Waals surface area contributed by atoms with E-state index in [1.807, 2.05) is 0 Å². The number of carbonyl (C=O) groups is 2. The molecule has 1 heterocycles. The maximum absolute atomic E-state index is 13.3. The van der Waals surface area contributed by atoms with Crippen molar-refractivity contribution in [1.82, 2.24) is 0 Å². The molecule has 0 N–H and O–H groups in total. The standard InChI is InChI=1S/C19H18F3NO3/c1-26-14-5-2-8(6-13(14)19(20,21)22)23-17(24)15-9-3-4-10(12-7-11(9)12)16(15)18(23)25/h2,5-6,9-12,15-16H,3-4,7H2,1H3. The number of halogens is 3.